The zero-order valence-corrected chi connectivity index (χ0v) is 20.1. The van der Waals surface area contributed by atoms with Gasteiger partial charge in [-0.2, -0.15) is 18.3 Å². The van der Waals surface area contributed by atoms with Crippen molar-refractivity contribution in [3.8, 4) is 0 Å². The highest BCUT2D eigenvalue weighted by Crippen LogP contribution is 2.42. The van der Waals surface area contributed by atoms with Gasteiger partial charge >= 0.3 is 12.2 Å². The largest absolute Gasteiger partial charge is 0.419 e. The molecule has 35 heavy (non-hydrogen) atoms. The smallest absolute Gasteiger partial charge is 0.351 e. The van der Waals surface area contributed by atoms with Crippen LogP contribution in [0.15, 0.2) is 34.6 Å². The van der Waals surface area contributed by atoms with Crippen LogP contribution in [0.4, 0.5) is 28.0 Å². The van der Waals surface area contributed by atoms with Gasteiger partial charge in [-0.25, -0.2) is 28.9 Å². The molecule has 0 aliphatic carbocycles. The molecule has 2 aliphatic heterocycles. The maximum Gasteiger partial charge on any atom is 0.419 e. The molecule has 2 N–H and O–H groups in total. The van der Waals surface area contributed by atoms with E-state index in [4.69, 9.17) is 10.6 Å². The Labute approximate surface area is 199 Å². The van der Waals surface area contributed by atoms with Crippen molar-refractivity contribution >= 4 is 29.5 Å². The fraction of sp³-hybridized carbons (Fsp3) is 0.409. The molecule has 0 atom stereocenters. The number of halogens is 4. The number of hydrazine groups is 1. The summed E-state index contributed by atoms with van der Waals surface area (Å²) in [5, 5.41) is 3.21. The van der Waals surface area contributed by atoms with Gasteiger partial charge < -0.3 is 5.73 Å². The molecule has 0 bridgehead atoms. The number of primary amides is 1. The van der Waals surface area contributed by atoms with E-state index in [1.807, 2.05) is 32.8 Å². The van der Waals surface area contributed by atoms with Gasteiger partial charge in [0.2, 0.25) is 6.41 Å². The number of alkyl halides is 3. The number of urea groups is 1. The number of likely N-dealkylation sites (N-methyl/N-ethyl adjacent to an activating group) is 1. The van der Waals surface area contributed by atoms with Gasteiger partial charge in [0.05, 0.1) is 16.9 Å². The number of hydrogen-bond donors (Lipinski definition) is 1. The predicted octanol–water partition coefficient (Wildman–Crippen LogP) is 3.69. The molecule has 0 unspecified atom stereocenters. The number of carbonyl (C=O) groups is 2. The second-order valence-corrected chi connectivity index (χ2v) is 8.74. The van der Waals surface area contributed by atoms with Crippen LogP contribution < -0.4 is 10.6 Å². The summed E-state index contributed by atoms with van der Waals surface area (Å²) in [5.74, 6) is -1.04. The summed E-state index contributed by atoms with van der Waals surface area (Å²) in [5.41, 5.74) is 3.84. The van der Waals surface area contributed by atoms with Gasteiger partial charge in [-0.05, 0) is 52.6 Å². The molecule has 0 radical (unpaired) electrons. The van der Waals surface area contributed by atoms with Crippen LogP contribution in [0.25, 0.3) is 5.57 Å². The van der Waals surface area contributed by atoms with E-state index >= 15 is 0 Å². The molecule has 0 fully saturated rings. The minimum atomic E-state index is -5.06. The molecule has 2 heterocycles. The van der Waals surface area contributed by atoms with Gasteiger partial charge in [-0.15, -0.1) is 0 Å². The van der Waals surface area contributed by atoms with Crippen LogP contribution >= 0.6 is 0 Å². The lowest BCUT2D eigenvalue weighted by Gasteiger charge is -2.39. The molecule has 3 rings (SSSR count). The van der Waals surface area contributed by atoms with Crippen molar-refractivity contribution in [2.75, 3.05) is 26.0 Å². The third kappa shape index (κ3) is 4.73. The van der Waals surface area contributed by atoms with Gasteiger partial charge in [-0.3, -0.25) is 9.69 Å². The molecule has 13 heteroatoms. The number of aliphatic imine (C=N–C) groups is 1. The number of nitrogens with two attached hydrogens (primary N) is 1. The van der Waals surface area contributed by atoms with E-state index in [9.17, 15) is 27.2 Å². The van der Waals surface area contributed by atoms with E-state index in [2.05, 4.69) is 4.99 Å². The molecule has 190 valence electrons. The number of hydrogen-bond acceptors (Lipinski definition) is 7. The first-order chi connectivity index (χ1) is 16.1. The SMILES string of the molecule is CC1=C2CC(c3cc(F)c(C(F)(F)F)cc3N(C=O)C(N)=O)=CN=C2N(C)N1OC(C)(C)N(C)C. The number of amides is 3. The number of fused-ring (bicyclic) bond motifs is 1. The number of nitrogens with zero attached hydrogens (tertiary/aromatic N) is 5. The minimum Gasteiger partial charge on any atom is -0.351 e. The van der Waals surface area contributed by atoms with Gasteiger partial charge in [0.1, 0.15) is 11.5 Å². The number of carbonyl (C=O) groups excluding carboxylic acids is 2. The van der Waals surface area contributed by atoms with Crippen molar-refractivity contribution in [3.63, 3.8) is 0 Å². The number of imide groups is 1. The van der Waals surface area contributed by atoms with E-state index in [0.29, 0.717) is 34.1 Å². The third-order valence-corrected chi connectivity index (χ3v) is 6.01. The average Bonchev–Trinajstić information content (AvgIpc) is 2.97. The third-order valence-electron chi connectivity index (χ3n) is 6.01. The lowest BCUT2D eigenvalue weighted by Crippen LogP contribution is -2.49. The van der Waals surface area contributed by atoms with Crippen LogP contribution in [0.5, 0.6) is 0 Å². The Morgan fingerprint density at radius 2 is 1.89 bits per heavy atom. The monoisotopic (exact) mass is 498 g/mol. The first kappa shape index (κ1) is 26.2. The first-order valence-electron chi connectivity index (χ1n) is 10.4. The fourth-order valence-electron chi connectivity index (χ4n) is 3.58. The quantitative estimate of drug-likeness (QED) is 0.365. The molecule has 1 aromatic rings. The van der Waals surface area contributed by atoms with Crippen LogP contribution in [0.2, 0.25) is 0 Å². The lowest BCUT2D eigenvalue weighted by atomic mass is 9.93. The maximum absolute atomic E-state index is 14.5. The first-order valence-corrected chi connectivity index (χ1v) is 10.4. The van der Waals surface area contributed by atoms with Crippen LogP contribution in [0, 0.1) is 5.82 Å². The molecule has 3 amide bonds. The van der Waals surface area contributed by atoms with E-state index in [1.165, 1.54) is 6.20 Å². The van der Waals surface area contributed by atoms with Crippen LogP contribution in [-0.2, 0) is 15.8 Å². The van der Waals surface area contributed by atoms with Crippen LogP contribution in [-0.4, -0.2) is 60.2 Å². The van der Waals surface area contributed by atoms with E-state index in [0.717, 1.165) is 0 Å². The van der Waals surface area contributed by atoms with Crippen molar-refractivity contribution in [2.24, 2.45) is 10.7 Å². The summed E-state index contributed by atoms with van der Waals surface area (Å²) >= 11 is 0. The van der Waals surface area contributed by atoms with Crippen molar-refractivity contribution in [2.45, 2.75) is 39.1 Å². The van der Waals surface area contributed by atoms with Gasteiger partial charge in [0.15, 0.2) is 5.84 Å². The fourth-order valence-corrected chi connectivity index (χ4v) is 3.58. The zero-order chi connectivity index (χ0) is 26.5. The Morgan fingerprint density at radius 3 is 2.40 bits per heavy atom. The summed E-state index contributed by atoms with van der Waals surface area (Å²) in [6, 6.07) is -0.300. The van der Waals surface area contributed by atoms with Crippen molar-refractivity contribution in [3.05, 3.63) is 46.5 Å². The molecular formula is C22H26F4N6O3. The lowest BCUT2D eigenvalue weighted by molar-refractivity contribution is -0.313. The number of rotatable bonds is 6. The highest BCUT2D eigenvalue weighted by Gasteiger charge is 2.39. The number of amidine groups is 1. The minimum absolute atomic E-state index is 0.0237. The molecule has 0 aromatic heterocycles. The van der Waals surface area contributed by atoms with Crippen LogP contribution in [0.1, 0.15) is 38.3 Å². The summed E-state index contributed by atoms with van der Waals surface area (Å²) < 4.78 is 54.5. The number of allylic oxidation sites excluding steroid dienone is 2. The molecule has 2 aliphatic rings. The standard InChI is InChI=1S/C22H26F4N6O3/c1-12-14-7-13(10-28-19(14)30(6)32(12)35-21(2,3)29(4)5)15-8-17(23)16(22(24,25)26)9-18(15)31(11-33)20(27)34/h8-11H,7H2,1-6H3,(H2,27,34). The predicted molar refractivity (Wildman–Crippen MR) is 121 cm³/mol. The molecule has 0 saturated carbocycles. The van der Waals surface area contributed by atoms with E-state index in [-0.39, 0.29) is 24.0 Å². The molecule has 0 spiro atoms. The Balaban J connectivity index is 2.11. The zero-order valence-electron chi connectivity index (χ0n) is 20.1. The number of hydroxylamine groups is 1. The van der Waals surface area contributed by atoms with Gasteiger partial charge in [0.25, 0.3) is 0 Å². The number of benzene rings is 1. The average molecular weight is 498 g/mol. The van der Waals surface area contributed by atoms with Crippen molar-refractivity contribution in [1.82, 2.24) is 15.1 Å². The Bertz CT molecular complexity index is 1160. The Hall–Kier alpha value is -3.45. The van der Waals surface area contributed by atoms with Gasteiger partial charge in [0, 0.05) is 30.8 Å². The van der Waals surface area contributed by atoms with Crippen molar-refractivity contribution in [1.29, 1.82) is 0 Å². The maximum atomic E-state index is 14.5. The summed E-state index contributed by atoms with van der Waals surface area (Å²) in [4.78, 5) is 35.9. The molecular weight excluding hydrogens is 472 g/mol. The van der Waals surface area contributed by atoms with Crippen LogP contribution in [0.3, 0.4) is 0 Å². The molecule has 9 nitrogen and oxygen atoms in total. The van der Waals surface area contributed by atoms with Crippen molar-refractivity contribution < 1.29 is 32.0 Å². The highest BCUT2D eigenvalue weighted by molar-refractivity contribution is 6.09. The second-order valence-electron chi connectivity index (χ2n) is 8.74. The Kier molecular flexibility index (Phi) is 6.70. The van der Waals surface area contributed by atoms with Gasteiger partial charge in [-0.1, -0.05) is 0 Å². The second kappa shape index (κ2) is 8.96. The Morgan fingerprint density at radius 1 is 1.26 bits per heavy atom. The summed E-state index contributed by atoms with van der Waals surface area (Å²) in [6.45, 7) is 5.50. The topological polar surface area (TPSA) is 94.7 Å². The van der Waals surface area contributed by atoms with E-state index in [1.54, 1.807) is 24.2 Å². The molecule has 1 aromatic carbocycles. The van der Waals surface area contributed by atoms with E-state index < -0.39 is 35.0 Å². The summed E-state index contributed by atoms with van der Waals surface area (Å²) in [7, 11) is 5.42. The highest BCUT2D eigenvalue weighted by atomic mass is 19.4. The molecule has 0 saturated heterocycles. The number of anilines is 1. The summed E-state index contributed by atoms with van der Waals surface area (Å²) in [6.07, 6.45) is -3.62. The normalized spacial score (nSPS) is 16.4.